The summed E-state index contributed by atoms with van der Waals surface area (Å²) in [6.07, 6.45) is 7.32. The summed E-state index contributed by atoms with van der Waals surface area (Å²) in [5.41, 5.74) is 1.25. The molecule has 1 heterocycles. The van der Waals surface area contributed by atoms with Crippen LogP contribution in [0.2, 0.25) is 0 Å². The number of likely N-dealkylation sites (tertiary alicyclic amines) is 1. The van der Waals surface area contributed by atoms with Gasteiger partial charge in [0.15, 0.2) is 0 Å². The molecule has 1 aliphatic carbocycles. The lowest BCUT2D eigenvalue weighted by Crippen LogP contribution is -2.43. The number of nitrogens with zero attached hydrogens (tertiary/aromatic N) is 1. The van der Waals surface area contributed by atoms with E-state index in [2.05, 4.69) is 22.3 Å². The molecule has 0 spiro atoms. The van der Waals surface area contributed by atoms with Crippen molar-refractivity contribution in [3.63, 3.8) is 0 Å². The van der Waals surface area contributed by atoms with Gasteiger partial charge in [-0.25, -0.2) is 0 Å². The van der Waals surface area contributed by atoms with Gasteiger partial charge in [0.1, 0.15) is 5.75 Å². The standard InChI is InChI=1S/C21H32N2O3/c1-26-20-8-4-3-7-18(20)19(23-13-5-2-6-14-23)15-22-17-11-9-16(10-12-17)21(24)25/h3-4,7-8,16-17,19,22H,2,5-6,9-15H2,1H3,(H,24,25). The second-order valence-electron chi connectivity index (χ2n) is 7.65. The maximum atomic E-state index is 11.1. The number of carbonyl (C=O) groups is 1. The molecule has 1 atom stereocenters. The number of para-hydroxylation sites is 1. The van der Waals surface area contributed by atoms with Crippen molar-refractivity contribution >= 4 is 5.97 Å². The van der Waals surface area contributed by atoms with Crippen molar-refractivity contribution in [2.75, 3.05) is 26.7 Å². The molecule has 1 saturated heterocycles. The smallest absolute Gasteiger partial charge is 0.306 e. The monoisotopic (exact) mass is 360 g/mol. The topological polar surface area (TPSA) is 61.8 Å². The number of hydrogen-bond donors (Lipinski definition) is 2. The first-order valence-corrected chi connectivity index (χ1v) is 10.0. The van der Waals surface area contributed by atoms with Gasteiger partial charge in [-0.1, -0.05) is 24.6 Å². The van der Waals surface area contributed by atoms with E-state index in [1.807, 2.05) is 12.1 Å². The van der Waals surface area contributed by atoms with E-state index in [1.54, 1.807) is 7.11 Å². The van der Waals surface area contributed by atoms with E-state index >= 15 is 0 Å². The number of hydrogen-bond acceptors (Lipinski definition) is 4. The molecule has 1 aliphatic heterocycles. The molecule has 0 radical (unpaired) electrons. The Morgan fingerprint density at radius 2 is 1.88 bits per heavy atom. The number of ether oxygens (including phenoxy) is 1. The number of nitrogens with one attached hydrogen (secondary N) is 1. The molecule has 2 fully saturated rings. The Hall–Kier alpha value is -1.59. The van der Waals surface area contributed by atoms with Crippen molar-refractivity contribution in [2.45, 2.75) is 57.0 Å². The van der Waals surface area contributed by atoms with Gasteiger partial charge in [-0.05, 0) is 57.7 Å². The maximum Gasteiger partial charge on any atom is 0.306 e. The Morgan fingerprint density at radius 3 is 2.54 bits per heavy atom. The van der Waals surface area contributed by atoms with Crippen molar-refractivity contribution in [2.24, 2.45) is 5.92 Å². The number of methoxy groups -OCH3 is 1. The molecule has 2 N–H and O–H groups in total. The number of benzene rings is 1. The second kappa shape index (κ2) is 9.38. The summed E-state index contributed by atoms with van der Waals surface area (Å²) in [5, 5.41) is 12.9. The van der Waals surface area contributed by atoms with E-state index in [0.717, 1.165) is 51.1 Å². The fourth-order valence-electron chi connectivity index (χ4n) is 4.43. The van der Waals surface area contributed by atoms with Crippen molar-refractivity contribution in [1.82, 2.24) is 10.2 Å². The number of carboxylic acid groups (broad SMARTS) is 1. The summed E-state index contributed by atoms with van der Waals surface area (Å²) in [7, 11) is 1.74. The summed E-state index contributed by atoms with van der Waals surface area (Å²) in [4.78, 5) is 13.7. The Labute approximate surface area is 156 Å². The summed E-state index contributed by atoms with van der Waals surface area (Å²) in [6, 6.07) is 9.07. The van der Waals surface area contributed by atoms with Gasteiger partial charge in [-0.15, -0.1) is 0 Å². The first kappa shape index (κ1) is 19.2. The molecule has 2 aliphatic rings. The molecule has 1 aromatic rings. The van der Waals surface area contributed by atoms with Crippen LogP contribution in [0.5, 0.6) is 5.75 Å². The van der Waals surface area contributed by atoms with Crippen LogP contribution in [0, 0.1) is 5.92 Å². The molecule has 144 valence electrons. The minimum Gasteiger partial charge on any atom is -0.496 e. The van der Waals surface area contributed by atoms with E-state index in [4.69, 9.17) is 4.74 Å². The lowest BCUT2D eigenvalue weighted by molar-refractivity contribution is -0.142. The number of rotatable bonds is 7. The van der Waals surface area contributed by atoms with E-state index < -0.39 is 5.97 Å². The molecule has 1 unspecified atom stereocenters. The second-order valence-corrected chi connectivity index (χ2v) is 7.65. The van der Waals surface area contributed by atoms with Crippen LogP contribution in [0.15, 0.2) is 24.3 Å². The fourth-order valence-corrected chi connectivity index (χ4v) is 4.43. The van der Waals surface area contributed by atoms with Crippen molar-refractivity contribution in [3.8, 4) is 5.75 Å². The zero-order chi connectivity index (χ0) is 18.4. The average Bonchev–Trinajstić information content (AvgIpc) is 2.69. The van der Waals surface area contributed by atoms with Gasteiger partial charge in [0.2, 0.25) is 0 Å². The summed E-state index contributed by atoms with van der Waals surface area (Å²) in [6.45, 7) is 3.16. The first-order valence-electron chi connectivity index (χ1n) is 10.0. The largest absolute Gasteiger partial charge is 0.496 e. The SMILES string of the molecule is COc1ccccc1C(CNC1CCC(C(=O)O)CC1)N1CCCCC1. The van der Waals surface area contributed by atoms with Gasteiger partial charge in [0.05, 0.1) is 19.1 Å². The van der Waals surface area contributed by atoms with E-state index in [1.165, 1.54) is 24.8 Å². The summed E-state index contributed by atoms with van der Waals surface area (Å²) < 4.78 is 5.63. The van der Waals surface area contributed by atoms with E-state index in [-0.39, 0.29) is 5.92 Å². The normalized spacial score (nSPS) is 25.6. The van der Waals surface area contributed by atoms with Crippen LogP contribution in [0.25, 0.3) is 0 Å². The van der Waals surface area contributed by atoms with Crippen LogP contribution >= 0.6 is 0 Å². The van der Waals surface area contributed by atoms with Crippen LogP contribution in [-0.2, 0) is 4.79 Å². The predicted molar refractivity (Wildman–Crippen MR) is 103 cm³/mol. The predicted octanol–water partition coefficient (Wildman–Crippen LogP) is 3.46. The molecule has 3 rings (SSSR count). The van der Waals surface area contributed by atoms with Crippen molar-refractivity contribution < 1.29 is 14.6 Å². The van der Waals surface area contributed by atoms with Gasteiger partial charge in [0, 0.05) is 18.2 Å². The molecule has 1 aromatic carbocycles. The van der Waals surface area contributed by atoms with Gasteiger partial charge in [0.25, 0.3) is 0 Å². The highest BCUT2D eigenvalue weighted by Crippen LogP contribution is 2.32. The summed E-state index contributed by atoms with van der Waals surface area (Å²) in [5.74, 6) is 0.170. The molecular weight excluding hydrogens is 328 g/mol. The van der Waals surface area contributed by atoms with Gasteiger partial charge in [-0.3, -0.25) is 9.69 Å². The Kier molecular flexibility index (Phi) is 6.92. The summed E-state index contributed by atoms with van der Waals surface area (Å²) >= 11 is 0. The molecule has 0 bridgehead atoms. The minimum atomic E-state index is -0.635. The molecule has 1 saturated carbocycles. The molecular formula is C21H32N2O3. The molecule has 5 heteroatoms. The van der Waals surface area contributed by atoms with Crippen molar-refractivity contribution in [3.05, 3.63) is 29.8 Å². The van der Waals surface area contributed by atoms with Gasteiger partial charge >= 0.3 is 5.97 Å². The van der Waals surface area contributed by atoms with Crippen LogP contribution in [0.3, 0.4) is 0 Å². The number of carboxylic acids is 1. The van der Waals surface area contributed by atoms with Crippen LogP contribution < -0.4 is 10.1 Å². The molecule has 0 aromatic heterocycles. The minimum absolute atomic E-state index is 0.153. The Balaban J connectivity index is 1.65. The van der Waals surface area contributed by atoms with Crippen LogP contribution in [0.4, 0.5) is 0 Å². The zero-order valence-corrected chi connectivity index (χ0v) is 15.8. The number of aliphatic carboxylic acids is 1. The van der Waals surface area contributed by atoms with Crippen molar-refractivity contribution in [1.29, 1.82) is 0 Å². The third kappa shape index (κ3) is 4.77. The Morgan fingerprint density at radius 1 is 1.19 bits per heavy atom. The average molecular weight is 360 g/mol. The fraction of sp³-hybridized carbons (Fsp3) is 0.667. The van der Waals surface area contributed by atoms with E-state index in [9.17, 15) is 9.90 Å². The quantitative estimate of drug-likeness (QED) is 0.780. The van der Waals surface area contributed by atoms with Crippen LogP contribution in [0.1, 0.15) is 56.6 Å². The highest BCUT2D eigenvalue weighted by Gasteiger charge is 2.28. The highest BCUT2D eigenvalue weighted by atomic mass is 16.5. The third-order valence-electron chi connectivity index (χ3n) is 6.01. The van der Waals surface area contributed by atoms with Gasteiger partial charge in [-0.2, -0.15) is 0 Å². The molecule has 5 nitrogen and oxygen atoms in total. The highest BCUT2D eigenvalue weighted by molar-refractivity contribution is 5.70. The first-order chi connectivity index (χ1) is 12.7. The Bertz CT molecular complexity index is 578. The molecule has 26 heavy (non-hydrogen) atoms. The lowest BCUT2D eigenvalue weighted by atomic mass is 9.86. The van der Waals surface area contributed by atoms with Crippen LogP contribution in [-0.4, -0.2) is 48.8 Å². The maximum absolute atomic E-state index is 11.1. The lowest BCUT2D eigenvalue weighted by Gasteiger charge is -2.37. The molecule has 0 amide bonds. The van der Waals surface area contributed by atoms with E-state index in [0.29, 0.717) is 12.1 Å². The number of piperidine rings is 1. The van der Waals surface area contributed by atoms with Gasteiger partial charge < -0.3 is 15.2 Å². The third-order valence-corrected chi connectivity index (χ3v) is 6.01. The zero-order valence-electron chi connectivity index (χ0n) is 15.8.